The summed E-state index contributed by atoms with van der Waals surface area (Å²) in [6.45, 7) is 2.82. The number of nitrogens with zero attached hydrogens (tertiary/aromatic N) is 1. The van der Waals surface area contributed by atoms with Crippen LogP contribution in [-0.2, 0) is 26.0 Å². The van der Waals surface area contributed by atoms with Crippen molar-refractivity contribution in [1.82, 2.24) is 4.31 Å². The first kappa shape index (κ1) is 18.2. The normalized spacial score (nSPS) is 23.8. The Labute approximate surface area is 148 Å². The number of carbonyl (C=O) groups excluding carboxylic acids is 1. The Balaban J connectivity index is 1.83. The lowest BCUT2D eigenvalue weighted by Crippen LogP contribution is -2.47. The van der Waals surface area contributed by atoms with E-state index in [9.17, 15) is 13.2 Å². The van der Waals surface area contributed by atoms with Crippen LogP contribution in [0.5, 0.6) is 5.75 Å². The number of rotatable bonds is 5. The molecule has 0 bridgehead atoms. The molecule has 3 rings (SSSR count). The SMILES string of the molecule is CCOC(=O)C1Cc2cc(S(=O)(=O)N3CCCCC3CN)ccc2O1. The number of fused-ring (bicyclic) bond motifs is 1. The summed E-state index contributed by atoms with van der Waals surface area (Å²) >= 11 is 0. The maximum atomic E-state index is 13.0. The standard InChI is InChI=1S/C17H24N2O5S/c1-2-23-17(20)16-10-12-9-14(6-7-15(12)24-16)25(21,22)19-8-4-3-5-13(19)11-18/h6-7,9,13,16H,2-5,8,10-11,18H2,1H3. The molecule has 25 heavy (non-hydrogen) atoms. The maximum Gasteiger partial charge on any atom is 0.347 e. The third kappa shape index (κ3) is 3.51. The Bertz CT molecular complexity index is 749. The van der Waals surface area contributed by atoms with E-state index in [1.54, 1.807) is 19.1 Å². The Morgan fingerprint density at radius 1 is 1.40 bits per heavy atom. The van der Waals surface area contributed by atoms with Crippen LogP contribution in [0, 0.1) is 0 Å². The van der Waals surface area contributed by atoms with Crippen molar-refractivity contribution in [2.75, 3.05) is 19.7 Å². The molecule has 0 radical (unpaired) electrons. The van der Waals surface area contributed by atoms with Gasteiger partial charge in [-0.25, -0.2) is 13.2 Å². The summed E-state index contributed by atoms with van der Waals surface area (Å²) in [5.74, 6) is 0.105. The van der Waals surface area contributed by atoms with Crippen molar-refractivity contribution in [3.8, 4) is 5.75 Å². The van der Waals surface area contributed by atoms with E-state index in [0.717, 1.165) is 19.3 Å². The highest BCUT2D eigenvalue weighted by Crippen LogP contribution is 2.33. The van der Waals surface area contributed by atoms with Gasteiger partial charge >= 0.3 is 5.97 Å². The van der Waals surface area contributed by atoms with Crippen LogP contribution < -0.4 is 10.5 Å². The number of hydrogen-bond acceptors (Lipinski definition) is 6. The molecule has 1 aromatic carbocycles. The zero-order valence-electron chi connectivity index (χ0n) is 14.3. The molecule has 2 aliphatic heterocycles. The maximum absolute atomic E-state index is 13.0. The van der Waals surface area contributed by atoms with Crippen LogP contribution in [0.15, 0.2) is 23.1 Å². The molecule has 2 N–H and O–H groups in total. The monoisotopic (exact) mass is 368 g/mol. The number of sulfonamides is 1. The van der Waals surface area contributed by atoms with E-state index in [0.29, 0.717) is 30.8 Å². The molecule has 2 unspecified atom stereocenters. The molecule has 0 aromatic heterocycles. The van der Waals surface area contributed by atoms with E-state index >= 15 is 0 Å². The van der Waals surface area contributed by atoms with Crippen LogP contribution in [-0.4, -0.2) is 50.5 Å². The van der Waals surface area contributed by atoms with Crippen LogP contribution >= 0.6 is 0 Å². The first-order chi connectivity index (χ1) is 12.0. The Morgan fingerprint density at radius 2 is 2.20 bits per heavy atom. The van der Waals surface area contributed by atoms with E-state index < -0.39 is 22.1 Å². The van der Waals surface area contributed by atoms with Gasteiger partial charge in [0.15, 0.2) is 6.10 Å². The third-order valence-electron chi connectivity index (χ3n) is 4.71. The zero-order valence-corrected chi connectivity index (χ0v) is 15.1. The minimum absolute atomic E-state index is 0.157. The Kier molecular flexibility index (Phi) is 5.31. The Hall–Kier alpha value is -1.64. The van der Waals surface area contributed by atoms with Gasteiger partial charge in [-0.05, 0) is 43.5 Å². The number of carbonyl (C=O) groups is 1. The molecular weight excluding hydrogens is 344 g/mol. The lowest BCUT2D eigenvalue weighted by molar-refractivity contribution is -0.150. The minimum atomic E-state index is -3.61. The van der Waals surface area contributed by atoms with Crippen molar-refractivity contribution in [1.29, 1.82) is 0 Å². The number of ether oxygens (including phenoxy) is 2. The molecule has 7 nitrogen and oxygen atoms in total. The van der Waals surface area contributed by atoms with Gasteiger partial charge in [-0.3, -0.25) is 0 Å². The Morgan fingerprint density at radius 3 is 2.92 bits per heavy atom. The number of esters is 1. The molecule has 0 saturated carbocycles. The molecule has 2 aliphatic rings. The molecule has 8 heteroatoms. The summed E-state index contributed by atoms with van der Waals surface area (Å²) in [6.07, 6.45) is 2.23. The van der Waals surface area contributed by atoms with E-state index in [1.165, 1.54) is 10.4 Å². The summed E-state index contributed by atoms with van der Waals surface area (Å²) in [7, 11) is -3.61. The second-order valence-corrected chi connectivity index (χ2v) is 8.22. The second kappa shape index (κ2) is 7.31. The van der Waals surface area contributed by atoms with Crippen molar-refractivity contribution >= 4 is 16.0 Å². The van der Waals surface area contributed by atoms with Crippen LogP contribution in [0.25, 0.3) is 0 Å². The predicted octanol–water partition coefficient (Wildman–Crippen LogP) is 1.06. The molecule has 1 saturated heterocycles. The fraction of sp³-hybridized carbons (Fsp3) is 0.588. The van der Waals surface area contributed by atoms with E-state index in [1.807, 2.05) is 0 Å². The highest BCUT2D eigenvalue weighted by Gasteiger charge is 2.35. The highest BCUT2D eigenvalue weighted by atomic mass is 32.2. The lowest BCUT2D eigenvalue weighted by Gasteiger charge is -2.33. The quantitative estimate of drug-likeness (QED) is 0.780. The molecular formula is C17H24N2O5S. The molecule has 2 atom stereocenters. The first-order valence-electron chi connectivity index (χ1n) is 8.65. The van der Waals surface area contributed by atoms with Gasteiger partial charge in [0.2, 0.25) is 10.0 Å². The van der Waals surface area contributed by atoms with Gasteiger partial charge in [-0.15, -0.1) is 0 Å². The summed E-state index contributed by atoms with van der Waals surface area (Å²) in [5.41, 5.74) is 6.47. The first-order valence-corrected chi connectivity index (χ1v) is 10.1. The minimum Gasteiger partial charge on any atom is -0.478 e. The van der Waals surface area contributed by atoms with Crippen molar-refractivity contribution in [3.05, 3.63) is 23.8 Å². The van der Waals surface area contributed by atoms with Crippen molar-refractivity contribution in [2.24, 2.45) is 5.73 Å². The van der Waals surface area contributed by atoms with E-state index in [-0.39, 0.29) is 17.5 Å². The van der Waals surface area contributed by atoms with Crippen LogP contribution in [0.4, 0.5) is 0 Å². The highest BCUT2D eigenvalue weighted by molar-refractivity contribution is 7.89. The van der Waals surface area contributed by atoms with E-state index in [2.05, 4.69) is 0 Å². The molecule has 1 aromatic rings. The lowest BCUT2D eigenvalue weighted by atomic mass is 10.1. The molecule has 0 spiro atoms. The van der Waals surface area contributed by atoms with Crippen LogP contribution in [0.3, 0.4) is 0 Å². The van der Waals surface area contributed by atoms with Gasteiger partial charge in [0, 0.05) is 25.6 Å². The van der Waals surface area contributed by atoms with Crippen LogP contribution in [0.2, 0.25) is 0 Å². The topological polar surface area (TPSA) is 98.9 Å². The van der Waals surface area contributed by atoms with Gasteiger partial charge in [-0.2, -0.15) is 4.31 Å². The number of benzene rings is 1. The molecule has 1 fully saturated rings. The van der Waals surface area contributed by atoms with Gasteiger partial charge in [0.1, 0.15) is 5.75 Å². The smallest absolute Gasteiger partial charge is 0.347 e. The molecule has 0 amide bonds. The fourth-order valence-electron chi connectivity index (χ4n) is 3.41. The second-order valence-electron chi connectivity index (χ2n) is 6.33. The van der Waals surface area contributed by atoms with Crippen molar-refractivity contribution in [3.63, 3.8) is 0 Å². The number of nitrogens with two attached hydrogens (primary N) is 1. The van der Waals surface area contributed by atoms with E-state index in [4.69, 9.17) is 15.2 Å². The summed E-state index contributed by atoms with van der Waals surface area (Å²) < 4.78 is 38.1. The number of hydrogen-bond donors (Lipinski definition) is 1. The van der Waals surface area contributed by atoms with Crippen molar-refractivity contribution < 1.29 is 22.7 Å². The molecule has 2 heterocycles. The molecule has 0 aliphatic carbocycles. The van der Waals surface area contributed by atoms with Gasteiger partial charge < -0.3 is 15.2 Å². The predicted molar refractivity (Wildman–Crippen MR) is 91.8 cm³/mol. The van der Waals surface area contributed by atoms with Gasteiger partial charge in [0.05, 0.1) is 11.5 Å². The largest absolute Gasteiger partial charge is 0.478 e. The molecule has 138 valence electrons. The van der Waals surface area contributed by atoms with Gasteiger partial charge in [-0.1, -0.05) is 6.42 Å². The third-order valence-corrected chi connectivity index (χ3v) is 6.66. The van der Waals surface area contributed by atoms with Gasteiger partial charge in [0.25, 0.3) is 0 Å². The summed E-state index contributed by atoms with van der Waals surface area (Å²) in [5, 5.41) is 0. The fourth-order valence-corrected chi connectivity index (χ4v) is 5.17. The summed E-state index contributed by atoms with van der Waals surface area (Å²) in [6, 6.07) is 4.59. The zero-order chi connectivity index (χ0) is 18.0. The average Bonchev–Trinajstić information content (AvgIpc) is 3.05. The average molecular weight is 368 g/mol. The number of piperidine rings is 1. The van der Waals surface area contributed by atoms with Crippen LogP contribution in [0.1, 0.15) is 31.7 Å². The summed E-state index contributed by atoms with van der Waals surface area (Å²) in [4.78, 5) is 12.1. The van der Waals surface area contributed by atoms with Crippen molar-refractivity contribution in [2.45, 2.75) is 49.6 Å².